The van der Waals surface area contributed by atoms with E-state index in [9.17, 15) is 50.8 Å². The molecule has 0 saturated carbocycles. The lowest BCUT2D eigenvalue weighted by Crippen LogP contribution is -2.68. The maximum atomic E-state index is 14.4. The van der Waals surface area contributed by atoms with Crippen molar-refractivity contribution in [3.8, 4) is 17.6 Å². The largest absolute Gasteiger partial charge is 0.508 e. The summed E-state index contributed by atoms with van der Waals surface area (Å²) in [5.41, 5.74) is 3.58. The average molecular weight is 1030 g/mol. The van der Waals surface area contributed by atoms with Crippen molar-refractivity contribution in [2.24, 2.45) is 23.7 Å². The minimum Gasteiger partial charge on any atom is -0.508 e. The molecule has 5 aliphatic rings. The van der Waals surface area contributed by atoms with E-state index in [-0.39, 0.29) is 68.6 Å². The molecule has 0 unspecified atom stereocenters. The molecular formula is C63H86N2O10. The Labute approximate surface area is 445 Å². The van der Waals surface area contributed by atoms with Crippen molar-refractivity contribution in [3.05, 3.63) is 129 Å². The zero-order chi connectivity index (χ0) is 54.0. The summed E-state index contributed by atoms with van der Waals surface area (Å²) < 4.78 is 0. The molecule has 408 valence electrons. The quantitative estimate of drug-likeness (QED) is 0.0661. The minimum absolute atomic E-state index is 0.0302. The number of allylic oxidation sites excluding steroid dienone is 3. The first kappa shape index (κ1) is 58.0. The van der Waals surface area contributed by atoms with E-state index in [1.807, 2.05) is 87.5 Å². The normalized spacial score (nSPS) is 30.6. The SMILES string of the molecule is CCCC[C@H](O)[C@H](O)/C=C/C1=C(\C[C@H](O)CO)[C@H]2CC[C@@H](O)[C@@H]3N[C@H](C)CC[C@H]([C@H]3CC(=O)O)[C@H](O)Cc3ccc(cc3)C[C@@]([C@@](C)(O)[C@@H]3c4ccc(O)cc4C=C[C@H]3CC(C)C)(CC#Cc3ccccc3CC1)N2. The number of benzene rings is 3. The van der Waals surface area contributed by atoms with Gasteiger partial charge in [0.25, 0.3) is 0 Å². The van der Waals surface area contributed by atoms with Crippen LogP contribution in [0.25, 0.3) is 6.08 Å². The van der Waals surface area contributed by atoms with Crippen LogP contribution in [0.5, 0.6) is 5.75 Å². The fourth-order valence-corrected chi connectivity index (χ4v) is 13.0. The third-order valence-corrected chi connectivity index (χ3v) is 17.1. The van der Waals surface area contributed by atoms with Crippen LogP contribution in [0.4, 0.5) is 0 Å². The molecule has 12 nitrogen and oxygen atoms in total. The Balaban J connectivity index is 1.54. The lowest BCUT2D eigenvalue weighted by atomic mass is 9.59. The molecule has 14 atom stereocenters. The van der Waals surface area contributed by atoms with Gasteiger partial charge in [-0.2, -0.15) is 0 Å². The van der Waals surface area contributed by atoms with Crippen molar-refractivity contribution in [1.82, 2.24) is 10.6 Å². The number of phenols is 1. The number of fused-ring (bicyclic) bond motifs is 7. The minimum atomic E-state index is -1.67. The predicted octanol–water partition coefficient (Wildman–Crippen LogP) is 7.66. The second-order valence-corrected chi connectivity index (χ2v) is 23.2. The Morgan fingerprint density at radius 2 is 1.71 bits per heavy atom. The molecule has 0 spiro atoms. The van der Waals surface area contributed by atoms with Gasteiger partial charge in [0.2, 0.25) is 0 Å². The number of nitrogens with one attached hydrogen (secondary N) is 2. The van der Waals surface area contributed by atoms with Crippen LogP contribution in [-0.4, -0.2) is 118 Å². The smallest absolute Gasteiger partial charge is 0.303 e. The van der Waals surface area contributed by atoms with E-state index in [0.29, 0.717) is 37.7 Å². The van der Waals surface area contributed by atoms with Gasteiger partial charge < -0.3 is 56.6 Å². The number of hydrogen-bond donors (Lipinski definition) is 11. The van der Waals surface area contributed by atoms with Gasteiger partial charge in [0.15, 0.2) is 0 Å². The molecule has 4 heterocycles. The number of phenolic OH excluding ortho intramolecular Hbond substituents is 1. The molecule has 1 saturated heterocycles. The third-order valence-electron chi connectivity index (χ3n) is 17.1. The molecular weight excluding hydrogens is 945 g/mol. The topological polar surface area (TPSA) is 223 Å². The molecule has 0 amide bonds. The predicted molar refractivity (Wildman–Crippen MR) is 295 cm³/mol. The summed E-state index contributed by atoms with van der Waals surface area (Å²) in [5, 5.41) is 113. The Morgan fingerprint density at radius 3 is 2.43 bits per heavy atom. The molecule has 12 heteroatoms. The number of aliphatic hydroxyl groups excluding tert-OH is 6. The summed E-state index contributed by atoms with van der Waals surface area (Å²) in [5.74, 6) is 4.67. The molecule has 0 radical (unpaired) electrons. The number of rotatable bonds is 15. The van der Waals surface area contributed by atoms with E-state index in [1.165, 1.54) is 0 Å². The summed E-state index contributed by atoms with van der Waals surface area (Å²) in [6.07, 6.45) is 7.65. The van der Waals surface area contributed by atoms with Crippen LogP contribution in [0.15, 0.2) is 96.1 Å². The summed E-state index contributed by atoms with van der Waals surface area (Å²) in [4.78, 5) is 12.8. The first-order valence-corrected chi connectivity index (χ1v) is 27.9. The number of aliphatic carboxylic acids is 1. The zero-order valence-electron chi connectivity index (χ0n) is 44.9. The number of unbranched alkanes of at least 4 members (excludes halogenated alkanes) is 1. The Morgan fingerprint density at radius 1 is 0.960 bits per heavy atom. The second-order valence-electron chi connectivity index (χ2n) is 23.2. The highest BCUT2D eigenvalue weighted by atomic mass is 16.4. The molecule has 11 N–H and O–H groups in total. The Kier molecular flexibility index (Phi) is 20.2. The summed E-state index contributed by atoms with van der Waals surface area (Å²) in [7, 11) is 0. The van der Waals surface area contributed by atoms with Crippen molar-refractivity contribution in [3.63, 3.8) is 0 Å². The fraction of sp³-hybridized carbons (Fsp3) is 0.571. The van der Waals surface area contributed by atoms with Gasteiger partial charge in [-0.25, -0.2) is 0 Å². The van der Waals surface area contributed by atoms with Crippen LogP contribution in [0, 0.1) is 35.5 Å². The monoisotopic (exact) mass is 1030 g/mol. The summed E-state index contributed by atoms with van der Waals surface area (Å²) >= 11 is 0. The maximum Gasteiger partial charge on any atom is 0.303 e. The van der Waals surface area contributed by atoms with Crippen LogP contribution in [0.2, 0.25) is 0 Å². The number of aryl methyl sites for hydroxylation is 1. The number of hydrogen-bond acceptors (Lipinski definition) is 11. The molecule has 0 aromatic heterocycles. The van der Waals surface area contributed by atoms with Gasteiger partial charge >= 0.3 is 5.97 Å². The van der Waals surface area contributed by atoms with E-state index in [4.69, 9.17) is 0 Å². The molecule has 6 bridgehead atoms. The fourth-order valence-electron chi connectivity index (χ4n) is 13.0. The van der Waals surface area contributed by atoms with E-state index < -0.39 is 84.1 Å². The van der Waals surface area contributed by atoms with Crippen molar-refractivity contribution >= 4 is 12.0 Å². The standard InChI is InChI=1S/C63H86N2O10/c1-6-7-14-55(69)56(70)29-24-45-21-20-44-12-9-8-11-43(44)13-10-31-63(62(5,75)60-47(32-39(2)3)23-22-46-34-48(67)25-27-50(46)60)37-42-18-16-41(17-19-42)33-58(72)51-26-15-40(4)64-61(53(51)36-59(73)74)57(71)30-28-54(65-63)52(45)35-49(68)38-66/h8-9,11-12,16-19,22-25,27,29,34,39-40,47,49,51,53-58,60-61,64-72,75H,6-7,14-15,20-21,26,28,30-33,35-38H2,1-5H3,(H,73,74)/b29-24+,52-45+/t40-,47+,49+,51-,53-,54-,55+,56-,57-,58-,60+,61-,62+,63-/m1/s1. The van der Waals surface area contributed by atoms with Gasteiger partial charge in [0, 0.05) is 36.0 Å². The van der Waals surface area contributed by atoms with Gasteiger partial charge in [-0.3, -0.25) is 4.79 Å². The second kappa shape index (κ2) is 26.1. The van der Waals surface area contributed by atoms with Gasteiger partial charge in [-0.05, 0) is 165 Å². The van der Waals surface area contributed by atoms with Crippen molar-refractivity contribution in [2.75, 3.05) is 6.61 Å². The number of carbonyl (C=O) groups is 1. The number of carboxylic acids is 1. The molecule has 3 aromatic carbocycles. The highest BCUT2D eigenvalue weighted by Gasteiger charge is 2.55. The molecule has 4 aliphatic heterocycles. The van der Waals surface area contributed by atoms with Crippen LogP contribution in [-0.2, 0) is 24.1 Å². The number of aliphatic hydroxyl groups is 7. The van der Waals surface area contributed by atoms with Gasteiger partial charge in [-0.15, -0.1) is 0 Å². The zero-order valence-corrected chi connectivity index (χ0v) is 44.9. The molecule has 1 aliphatic carbocycles. The first-order chi connectivity index (χ1) is 35.8. The molecule has 75 heavy (non-hydrogen) atoms. The van der Waals surface area contributed by atoms with Crippen LogP contribution >= 0.6 is 0 Å². The van der Waals surface area contributed by atoms with Crippen molar-refractivity contribution < 1.29 is 50.8 Å². The number of aromatic hydroxyl groups is 1. The highest BCUT2D eigenvalue weighted by molar-refractivity contribution is 5.67. The number of carboxylic acid groups (broad SMARTS) is 1. The highest BCUT2D eigenvalue weighted by Crippen LogP contribution is 2.51. The molecule has 8 rings (SSSR count). The lowest BCUT2D eigenvalue weighted by Gasteiger charge is -2.54. The van der Waals surface area contributed by atoms with E-state index in [1.54, 1.807) is 18.2 Å². The Hall–Kier alpha value is -4.65. The first-order valence-electron chi connectivity index (χ1n) is 27.9. The Bertz CT molecular complexity index is 2520. The van der Waals surface area contributed by atoms with Gasteiger partial charge in [-0.1, -0.05) is 118 Å². The van der Waals surface area contributed by atoms with E-state index >= 15 is 0 Å². The van der Waals surface area contributed by atoms with E-state index in [2.05, 4.69) is 42.4 Å². The third kappa shape index (κ3) is 14.3. The average Bonchev–Trinajstić information content (AvgIpc) is 3.55. The summed E-state index contributed by atoms with van der Waals surface area (Å²) in [6.45, 7) is 9.71. The van der Waals surface area contributed by atoms with E-state index in [0.717, 1.165) is 58.2 Å². The van der Waals surface area contributed by atoms with Crippen molar-refractivity contribution in [2.45, 2.75) is 197 Å². The van der Waals surface area contributed by atoms with Crippen LogP contribution in [0.3, 0.4) is 0 Å². The van der Waals surface area contributed by atoms with Crippen molar-refractivity contribution in [1.29, 1.82) is 0 Å². The van der Waals surface area contributed by atoms with Gasteiger partial charge in [0.1, 0.15) is 5.75 Å². The van der Waals surface area contributed by atoms with Crippen LogP contribution < -0.4 is 10.6 Å². The van der Waals surface area contributed by atoms with Gasteiger partial charge in [0.05, 0.1) is 54.7 Å². The van der Waals surface area contributed by atoms with Crippen LogP contribution in [0.1, 0.15) is 151 Å². The summed E-state index contributed by atoms with van der Waals surface area (Å²) in [6, 6.07) is 19.7. The molecule has 3 aromatic rings. The maximum absolute atomic E-state index is 14.4. The lowest BCUT2D eigenvalue weighted by molar-refractivity contribution is -0.139. The molecule has 1 fully saturated rings.